The molecule has 0 saturated heterocycles. The van der Waals surface area contributed by atoms with Gasteiger partial charge in [-0.3, -0.25) is 0 Å². The van der Waals surface area contributed by atoms with Gasteiger partial charge >= 0.3 is 0 Å². The average molecular weight is 249 g/mol. The molecule has 1 aromatic heterocycles. The van der Waals surface area contributed by atoms with E-state index in [9.17, 15) is 4.91 Å². The third-order valence-corrected chi connectivity index (χ3v) is 3.81. The Hall–Kier alpha value is -1.45. The molecule has 0 saturated carbocycles. The molecule has 16 heavy (non-hydrogen) atoms. The molecule has 2 nitrogen and oxygen atoms in total. The predicted molar refractivity (Wildman–Crippen MR) is 67.7 cm³/mol. The van der Waals surface area contributed by atoms with Crippen molar-refractivity contribution in [2.45, 2.75) is 0 Å². The largest absolute Gasteiger partial charge is 0.282 e. The van der Waals surface area contributed by atoms with Crippen molar-refractivity contribution in [3.8, 4) is 0 Å². The van der Waals surface area contributed by atoms with Crippen molar-refractivity contribution in [2.24, 2.45) is 0 Å². The first-order chi connectivity index (χ1) is 7.75. The molecule has 0 aliphatic rings. The maximum absolute atomic E-state index is 12.1. The number of rotatable bonds is 0. The lowest BCUT2D eigenvalue weighted by atomic mass is 10.3. The number of aromatic nitrogens is 1. The molecular weight excluding hydrogens is 242 g/mol. The summed E-state index contributed by atoms with van der Waals surface area (Å²) in [7, 11) is 0. The first-order valence-electron chi connectivity index (χ1n) is 4.79. The number of benzene rings is 2. The lowest BCUT2D eigenvalue weighted by molar-refractivity contribution is -0.432. The van der Waals surface area contributed by atoms with E-state index < -0.39 is 0 Å². The summed E-state index contributed by atoms with van der Waals surface area (Å²) < 4.78 is 2.86. The highest BCUT2D eigenvalue weighted by atomic mass is 35.5. The Kier molecular flexibility index (Phi) is 2.16. The van der Waals surface area contributed by atoms with E-state index in [0.29, 0.717) is 16.1 Å². The van der Waals surface area contributed by atoms with Gasteiger partial charge in [-0.25, -0.2) is 0 Å². The van der Waals surface area contributed by atoms with Crippen LogP contribution >= 0.6 is 22.9 Å². The van der Waals surface area contributed by atoms with Crippen molar-refractivity contribution in [1.82, 2.24) is 0 Å². The SMILES string of the molecule is O=[n+]1c2ccccc2sc2ccc(Cl)cc21. The van der Waals surface area contributed by atoms with Crippen molar-refractivity contribution in [3.05, 3.63) is 52.4 Å². The zero-order valence-electron chi connectivity index (χ0n) is 8.18. The third kappa shape index (κ3) is 1.40. The van der Waals surface area contributed by atoms with Crippen LogP contribution in [0.4, 0.5) is 0 Å². The molecule has 0 N–H and O–H groups in total. The van der Waals surface area contributed by atoms with Crippen molar-refractivity contribution in [1.29, 1.82) is 0 Å². The van der Waals surface area contributed by atoms with Crippen LogP contribution in [-0.4, -0.2) is 0 Å². The van der Waals surface area contributed by atoms with Gasteiger partial charge < -0.3 is 0 Å². The standard InChI is InChI=1S/C12H7ClNOS/c13-8-5-6-12-10(7-8)14(15)9-3-1-2-4-11(9)16-12/h1-7H/q+1. The summed E-state index contributed by atoms with van der Waals surface area (Å²) in [6.07, 6.45) is 0. The van der Waals surface area contributed by atoms with Gasteiger partial charge in [-0.1, -0.05) is 23.7 Å². The van der Waals surface area contributed by atoms with Crippen LogP contribution in [0.15, 0.2) is 42.5 Å². The molecule has 78 valence electrons. The monoisotopic (exact) mass is 248 g/mol. The predicted octanol–water partition coefficient (Wildman–Crippen LogP) is 3.62. The Morgan fingerprint density at radius 3 is 2.62 bits per heavy atom. The van der Waals surface area contributed by atoms with E-state index in [0.717, 1.165) is 13.8 Å². The normalized spacial score (nSPS) is 11.1. The molecular formula is C12H7ClNOS+. The minimum Gasteiger partial charge on any atom is -0.122 e. The van der Waals surface area contributed by atoms with Crippen molar-refractivity contribution in [2.75, 3.05) is 0 Å². The molecule has 0 aliphatic heterocycles. The van der Waals surface area contributed by atoms with Crippen molar-refractivity contribution < 1.29 is 4.43 Å². The Morgan fingerprint density at radius 1 is 1.00 bits per heavy atom. The van der Waals surface area contributed by atoms with Gasteiger partial charge in [0, 0.05) is 22.1 Å². The number of hydrogen-bond acceptors (Lipinski definition) is 2. The zero-order valence-corrected chi connectivity index (χ0v) is 9.76. The Labute approximate surface area is 100 Å². The zero-order chi connectivity index (χ0) is 11.1. The molecule has 0 amide bonds. The molecule has 3 aromatic rings. The number of fused-ring (bicyclic) bond motifs is 2. The molecule has 0 aliphatic carbocycles. The molecule has 0 radical (unpaired) electrons. The second-order valence-electron chi connectivity index (χ2n) is 3.48. The molecule has 0 spiro atoms. The summed E-state index contributed by atoms with van der Waals surface area (Å²) in [6, 6.07) is 12.9. The van der Waals surface area contributed by atoms with Gasteiger partial charge in [0.15, 0.2) is 0 Å². The quantitative estimate of drug-likeness (QED) is 0.440. The summed E-state index contributed by atoms with van der Waals surface area (Å²) in [4.78, 5) is 12.1. The number of halogens is 1. The third-order valence-electron chi connectivity index (χ3n) is 2.44. The van der Waals surface area contributed by atoms with E-state index in [1.165, 1.54) is 0 Å². The van der Waals surface area contributed by atoms with Gasteiger partial charge in [0.25, 0.3) is 11.0 Å². The van der Waals surface area contributed by atoms with E-state index in [-0.39, 0.29) is 0 Å². The van der Waals surface area contributed by atoms with Crippen LogP contribution in [0.25, 0.3) is 20.4 Å². The molecule has 1 heterocycles. The first-order valence-corrected chi connectivity index (χ1v) is 5.99. The van der Waals surface area contributed by atoms with E-state index >= 15 is 0 Å². The molecule has 2 aromatic carbocycles. The van der Waals surface area contributed by atoms with Gasteiger partial charge in [0.1, 0.15) is 9.40 Å². The Morgan fingerprint density at radius 2 is 1.75 bits per heavy atom. The van der Waals surface area contributed by atoms with E-state index in [1.807, 2.05) is 30.3 Å². The van der Waals surface area contributed by atoms with E-state index in [1.54, 1.807) is 23.5 Å². The molecule has 0 bridgehead atoms. The van der Waals surface area contributed by atoms with Gasteiger partial charge in [0.05, 0.1) is 4.43 Å². The molecule has 0 unspecified atom stereocenters. The lowest BCUT2D eigenvalue weighted by Gasteiger charge is -1.93. The highest BCUT2D eigenvalue weighted by molar-refractivity contribution is 7.24. The van der Waals surface area contributed by atoms with Gasteiger partial charge in [-0.2, -0.15) is 0 Å². The highest BCUT2D eigenvalue weighted by Gasteiger charge is 2.13. The molecule has 0 fully saturated rings. The fourth-order valence-electron chi connectivity index (χ4n) is 1.70. The Balaban J connectivity index is 2.61. The lowest BCUT2D eigenvalue weighted by Crippen LogP contribution is -2.15. The maximum Gasteiger partial charge on any atom is 0.282 e. The van der Waals surface area contributed by atoms with E-state index in [2.05, 4.69) is 0 Å². The molecule has 3 rings (SSSR count). The second-order valence-corrected chi connectivity index (χ2v) is 5.00. The highest BCUT2D eigenvalue weighted by Crippen LogP contribution is 2.25. The summed E-state index contributed by atoms with van der Waals surface area (Å²) in [5.41, 5.74) is 1.30. The van der Waals surface area contributed by atoms with Crippen LogP contribution in [0, 0.1) is 4.91 Å². The average Bonchev–Trinajstić information content (AvgIpc) is 2.31. The first kappa shape index (κ1) is 9.75. The number of nitrogens with zero attached hydrogens (tertiary/aromatic N) is 1. The topological polar surface area (TPSA) is 23.0 Å². The minimum absolute atomic E-state index is 0.583. The molecule has 4 heteroatoms. The van der Waals surface area contributed by atoms with E-state index in [4.69, 9.17) is 11.6 Å². The van der Waals surface area contributed by atoms with Crippen LogP contribution in [0.1, 0.15) is 0 Å². The molecule has 0 atom stereocenters. The van der Waals surface area contributed by atoms with Crippen molar-refractivity contribution >= 4 is 43.4 Å². The van der Waals surface area contributed by atoms with Crippen LogP contribution in [-0.2, 0) is 0 Å². The summed E-state index contributed by atoms with van der Waals surface area (Å²) in [5.74, 6) is 0. The Bertz CT molecular complexity index is 751. The number of para-hydroxylation sites is 1. The fraction of sp³-hybridized carbons (Fsp3) is 0. The summed E-state index contributed by atoms with van der Waals surface area (Å²) in [6.45, 7) is 0. The van der Waals surface area contributed by atoms with Crippen LogP contribution in [0.3, 0.4) is 0 Å². The fourth-order valence-corrected chi connectivity index (χ4v) is 2.88. The van der Waals surface area contributed by atoms with Crippen LogP contribution in [0.5, 0.6) is 0 Å². The van der Waals surface area contributed by atoms with Crippen LogP contribution in [0.2, 0.25) is 5.02 Å². The van der Waals surface area contributed by atoms with Gasteiger partial charge in [0.2, 0.25) is 0 Å². The van der Waals surface area contributed by atoms with Crippen molar-refractivity contribution in [3.63, 3.8) is 0 Å². The number of hydrogen-bond donors (Lipinski definition) is 0. The minimum atomic E-state index is 0.583. The summed E-state index contributed by atoms with van der Waals surface area (Å²) in [5, 5.41) is 0.583. The second kappa shape index (κ2) is 3.54. The smallest absolute Gasteiger partial charge is 0.122 e. The maximum atomic E-state index is 12.1. The summed E-state index contributed by atoms with van der Waals surface area (Å²) >= 11 is 7.49. The van der Waals surface area contributed by atoms with Gasteiger partial charge in [-0.05, 0) is 18.2 Å². The van der Waals surface area contributed by atoms with Crippen LogP contribution < -0.4 is 4.43 Å². The van der Waals surface area contributed by atoms with Gasteiger partial charge in [-0.15, -0.1) is 11.3 Å².